The number of halogens is 2. The molecule has 0 fully saturated rings. The van der Waals surface area contributed by atoms with Gasteiger partial charge < -0.3 is 11.1 Å². The van der Waals surface area contributed by atoms with E-state index in [0.717, 1.165) is 15.6 Å². The number of benzene rings is 1. The molecule has 0 bridgehead atoms. The molecule has 8 heteroatoms. The Hall–Kier alpha value is -1.60. The molecular weight excluding hydrogens is 373 g/mol. The lowest BCUT2D eigenvalue weighted by atomic mass is 10.2. The maximum absolute atomic E-state index is 12.1. The van der Waals surface area contributed by atoms with Crippen LogP contribution >= 0.6 is 45.9 Å². The lowest BCUT2D eigenvalue weighted by molar-refractivity contribution is -0.115. The minimum absolute atomic E-state index is 0.182. The summed E-state index contributed by atoms with van der Waals surface area (Å²) in [6, 6.07) is 7.12. The number of nitrogens with two attached hydrogens (primary N) is 1. The van der Waals surface area contributed by atoms with Gasteiger partial charge in [-0.2, -0.15) is 0 Å². The van der Waals surface area contributed by atoms with E-state index in [4.69, 9.17) is 28.9 Å². The summed E-state index contributed by atoms with van der Waals surface area (Å²) in [5, 5.41) is 8.16. The van der Waals surface area contributed by atoms with Crippen LogP contribution in [0.25, 0.3) is 9.88 Å². The zero-order chi connectivity index (χ0) is 16.4. The molecule has 0 saturated carbocycles. The van der Waals surface area contributed by atoms with Gasteiger partial charge >= 0.3 is 0 Å². The molecular formula is C15H11Cl2N3OS2. The van der Waals surface area contributed by atoms with Crippen LogP contribution in [-0.4, -0.2) is 10.9 Å². The molecule has 0 unspecified atom stereocenters. The molecule has 2 aromatic heterocycles. The van der Waals surface area contributed by atoms with Crippen molar-refractivity contribution in [3.63, 3.8) is 0 Å². The van der Waals surface area contributed by atoms with Gasteiger partial charge in [-0.05, 0) is 23.6 Å². The molecule has 3 N–H and O–H groups in total. The Morgan fingerprint density at radius 1 is 1.26 bits per heavy atom. The fourth-order valence-corrected chi connectivity index (χ4v) is 4.05. The van der Waals surface area contributed by atoms with E-state index in [0.29, 0.717) is 21.4 Å². The molecule has 0 aliphatic carbocycles. The highest BCUT2D eigenvalue weighted by molar-refractivity contribution is 7.20. The lowest BCUT2D eigenvalue weighted by Crippen LogP contribution is -2.14. The van der Waals surface area contributed by atoms with Crippen molar-refractivity contribution in [2.75, 3.05) is 11.1 Å². The fraction of sp³-hybridized carbons (Fsp3) is 0.0667. The number of rotatable bonds is 4. The van der Waals surface area contributed by atoms with Crippen molar-refractivity contribution in [1.82, 2.24) is 4.98 Å². The SMILES string of the molecule is Nc1c(Cl)cc(NC(=O)Cc2csc(-c3cccs3)n2)cc1Cl. The second kappa shape index (κ2) is 6.88. The third kappa shape index (κ3) is 3.84. The van der Waals surface area contributed by atoms with Gasteiger partial charge in [-0.25, -0.2) is 4.98 Å². The third-order valence-corrected chi connectivity index (χ3v) is 5.54. The van der Waals surface area contributed by atoms with Crippen LogP contribution in [0.5, 0.6) is 0 Å². The van der Waals surface area contributed by atoms with Crippen molar-refractivity contribution in [3.05, 3.63) is 50.8 Å². The number of nitrogens with one attached hydrogen (secondary N) is 1. The Kier molecular flexibility index (Phi) is 4.87. The van der Waals surface area contributed by atoms with Crippen molar-refractivity contribution < 1.29 is 4.79 Å². The van der Waals surface area contributed by atoms with Gasteiger partial charge in [0.05, 0.1) is 32.7 Å². The molecule has 0 atom stereocenters. The van der Waals surface area contributed by atoms with Crippen LogP contribution in [0.3, 0.4) is 0 Å². The highest BCUT2D eigenvalue weighted by atomic mass is 35.5. The number of hydrogen-bond donors (Lipinski definition) is 2. The highest BCUT2D eigenvalue weighted by Crippen LogP contribution is 2.31. The van der Waals surface area contributed by atoms with Crippen molar-refractivity contribution >= 4 is 63.2 Å². The Morgan fingerprint density at radius 3 is 2.65 bits per heavy atom. The first-order valence-electron chi connectivity index (χ1n) is 6.55. The van der Waals surface area contributed by atoms with Gasteiger partial charge in [0.1, 0.15) is 5.01 Å². The molecule has 1 aromatic carbocycles. The van der Waals surface area contributed by atoms with E-state index in [1.807, 2.05) is 22.9 Å². The van der Waals surface area contributed by atoms with E-state index in [1.54, 1.807) is 23.5 Å². The van der Waals surface area contributed by atoms with E-state index in [-0.39, 0.29) is 12.3 Å². The molecule has 4 nitrogen and oxygen atoms in total. The molecule has 23 heavy (non-hydrogen) atoms. The molecule has 0 spiro atoms. The first-order chi connectivity index (χ1) is 11.0. The number of hydrogen-bond acceptors (Lipinski definition) is 5. The highest BCUT2D eigenvalue weighted by Gasteiger charge is 2.11. The number of thiophene rings is 1. The Morgan fingerprint density at radius 2 is 2.00 bits per heavy atom. The maximum atomic E-state index is 12.1. The first-order valence-corrected chi connectivity index (χ1v) is 9.07. The molecule has 3 rings (SSSR count). The van der Waals surface area contributed by atoms with Gasteiger partial charge in [0.2, 0.25) is 5.91 Å². The molecule has 1 amide bonds. The summed E-state index contributed by atoms with van der Waals surface area (Å²) >= 11 is 15.1. The molecule has 0 saturated heterocycles. The zero-order valence-electron chi connectivity index (χ0n) is 11.7. The van der Waals surface area contributed by atoms with Crippen molar-refractivity contribution in [2.45, 2.75) is 6.42 Å². The molecule has 118 valence electrons. The summed E-state index contributed by atoms with van der Waals surface area (Å²) < 4.78 is 0. The quantitative estimate of drug-likeness (QED) is 0.626. The van der Waals surface area contributed by atoms with Crippen LogP contribution in [0.15, 0.2) is 35.0 Å². The smallest absolute Gasteiger partial charge is 0.230 e. The van der Waals surface area contributed by atoms with Crippen LogP contribution in [0, 0.1) is 0 Å². The zero-order valence-corrected chi connectivity index (χ0v) is 14.8. The first kappa shape index (κ1) is 16.3. The van der Waals surface area contributed by atoms with E-state index < -0.39 is 0 Å². The largest absolute Gasteiger partial charge is 0.396 e. The number of carbonyl (C=O) groups excluding carboxylic acids is 1. The van der Waals surface area contributed by atoms with E-state index >= 15 is 0 Å². The second-order valence-electron chi connectivity index (χ2n) is 4.70. The average Bonchev–Trinajstić information content (AvgIpc) is 3.15. The van der Waals surface area contributed by atoms with Crippen LogP contribution in [0.2, 0.25) is 10.0 Å². The summed E-state index contributed by atoms with van der Waals surface area (Å²) in [6.45, 7) is 0. The summed E-state index contributed by atoms with van der Waals surface area (Å²) in [5.74, 6) is -0.190. The van der Waals surface area contributed by atoms with Gasteiger partial charge in [0.25, 0.3) is 0 Å². The summed E-state index contributed by atoms with van der Waals surface area (Å²) in [7, 11) is 0. The fourth-order valence-electron chi connectivity index (χ4n) is 1.93. The van der Waals surface area contributed by atoms with Crippen LogP contribution in [-0.2, 0) is 11.2 Å². The standard InChI is InChI=1S/C15H11Cl2N3OS2/c16-10-4-8(5-11(17)14(10)18)19-13(21)6-9-7-23-15(20-9)12-2-1-3-22-12/h1-5,7H,6,18H2,(H,19,21). The van der Waals surface area contributed by atoms with Crippen LogP contribution in [0.4, 0.5) is 11.4 Å². The van der Waals surface area contributed by atoms with Gasteiger partial charge in [-0.3, -0.25) is 4.79 Å². The predicted octanol–water partition coefficient (Wildman–Crippen LogP) is 4.94. The van der Waals surface area contributed by atoms with E-state index in [1.165, 1.54) is 11.3 Å². The van der Waals surface area contributed by atoms with Gasteiger partial charge in [0.15, 0.2) is 0 Å². The Labute approximate surface area is 150 Å². The number of carbonyl (C=O) groups is 1. The lowest BCUT2D eigenvalue weighted by Gasteiger charge is -2.07. The van der Waals surface area contributed by atoms with Gasteiger partial charge in [-0.1, -0.05) is 29.3 Å². The average molecular weight is 384 g/mol. The summed E-state index contributed by atoms with van der Waals surface area (Å²) in [6.07, 6.45) is 0.182. The molecule has 2 heterocycles. The van der Waals surface area contributed by atoms with Crippen molar-refractivity contribution in [3.8, 4) is 9.88 Å². The topological polar surface area (TPSA) is 68.0 Å². The van der Waals surface area contributed by atoms with Crippen molar-refractivity contribution in [1.29, 1.82) is 0 Å². The van der Waals surface area contributed by atoms with Crippen LogP contribution < -0.4 is 11.1 Å². The molecule has 0 aliphatic heterocycles. The predicted molar refractivity (Wildman–Crippen MR) is 98.6 cm³/mol. The number of aromatic nitrogens is 1. The molecule has 3 aromatic rings. The minimum Gasteiger partial charge on any atom is -0.396 e. The number of nitrogen functional groups attached to an aromatic ring is 1. The van der Waals surface area contributed by atoms with Gasteiger partial charge in [0, 0.05) is 11.1 Å². The number of amides is 1. The second-order valence-corrected chi connectivity index (χ2v) is 7.32. The van der Waals surface area contributed by atoms with E-state index in [9.17, 15) is 4.79 Å². The normalized spacial score (nSPS) is 10.7. The Bertz CT molecular complexity index is 823. The Balaban J connectivity index is 1.68. The van der Waals surface area contributed by atoms with E-state index in [2.05, 4.69) is 10.3 Å². The van der Waals surface area contributed by atoms with Crippen LogP contribution in [0.1, 0.15) is 5.69 Å². The minimum atomic E-state index is -0.190. The number of nitrogens with zero attached hydrogens (tertiary/aromatic N) is 1. The molecule has 0 radical (unpaired) electrons. The summed E-state index contributed by atoms with van der Waals surface area (Å²) in [4.78, 5) is 17.7. The maximum Gasteiger partial charge on any atom is 0.230 e. The monoisotopic (exact) mass is 383 g/mol. The van der Waals surface area contributed by atoms with Crippen molar-refractivity contribution in [2.24, 2.45) is 0 Å². The number of anilines is 2. The molecule has 0 aliphatic rings. The van der Waals surface area contributed by atoms with Gasteiger partial charge in [-0.15, -0.1) is 22.7 Å². The third-order valence-electron chi connectivity index (χ3n) is 2.99. The summed E-state index contributed by atoms with van der Waals surface area (Å²) in [5.41, 5.74) is 7.20. The number of thiazole rings is 1.